The van der Waals surface area contributed by atoms with Gasteiger partial charge in [0.05, 0.1) is 40.9 Å². The van der Waals surface area contributed by atoms with Crippen LogP contribution in [0.15, 0.2) is 36.4 Å². The third kappa shape index (κ3) is 2.93. The molecule has 5 atom stereocenters. The molecule has 7 rings (SSSR count). The second-order valence-corrected chi connectivity index (χ2v) is 10.3. The lowest BCUT2D eigenvalue weighted by Gasteiger charge is -2.42. The maximum Gasteiger partial charge on any atom is 0.252 e. The van der Waals surface area contributed by atoms with Crippen molar-refractivity contribution in [2.75, 3.05) is 6.61 Å². The van der Waals surface area contributed by atoms with Gasteiger partial charge in [0, 0.05) is 39.5 Å². The summed E-state index contributed by atoms with van der Waals surface area (Å²) in [5.41, 5.74) is 5.07. The zero-order chi connectivity index (χ0) is 25.7. The average Bonchev–Trinajstić information content (AvgIpc) is 3.54. The van der Waals surface area contributed by atoms with Gasteiger partial charge in [-0.2, -0.15) is 0 Å². The molecule has 1 amide bonds. The first kappa shape index (κ1) is 22.7. The van der Waals surface area contributed by atoms with Gasteiger partial charge in [-0.25, -0.2) is 4.39 Å². The minimum Gasteiger partial charge on any atom is -0.394 e. The summed E-state index contributed by atoms with van der Waals surface area (Å²) in [5, 5.41) is 37.9. The molecule has 8 nitrogen and oxygen atoms in total. The number of rotatable bonds is 2. The molecule has 190 valence electrons. The lowest BCUT2D eigenvalue weighted by molar-refractivity contribution is -0.227. The fraction of sp³-hybridized carbons (Fsp3) is 0.321. The van der Waals surface area contributed by atoms with E-state index >= 15 is 0 Å². The summed E-state index contributed by atoms with van der Waals surface area (Å²) in [5.74, 6) is -1.12. The van der Waals surface area contributed by atoms with E-state index in [0.717, 1.165) is 27.4 Å². The van der Waals surface area contributed by atoms with E-state index < -0.39 is 36.3 Å². The molecule has 2 aromatic heterocycles. The largest absolute Gasteiger partial charge is 0.394 e. The summed E-state index contributed by atoms with van der Waals surface area (Å²) in [7, 11) is 0. The maximum atomic E-state index is 14.6. The monoisotopic (exact) mass is 503 g/mol. The molecule has 2 aliphatic heterocycles. The second-order valence-electron chi connectivity index (χ2n) is 10.3. The van der Waals surface area contributed by atoms with Crippen molar-refractivity contribution in [2.45, 2.75) is 44.9 Å². The number of fused-ring (bicyclic) bond motifs is 10. The van der Waals surface area contributed by atoms with Gasteiger partial charge in [-0.05, 0) is 42.8 Å². The van der Waals surface area contributed by atoms with Gasteiger partial charge < -0.3 is 34.9 Å². The number of aromatic amines is 1. The molecule has 3 aromatic carbocycles. The highest BCUT2D eigenvalue weighted by atomic mass is 19.1. The topological polar surface area (TPSA) is 120 Å². The van der Waals surface area contributed by atoms with Crippen molar-refractivity contribution in [2.24, 2.45) is 5.92 Å². The first-order valence-corrected chi connectivity index (χ1v) is 12.4. The number of nitrogens with zero attached hydrogens (tertiary/aromatic N) is 1. The number of aliphatic hydroxyl groups excluding tert-OH is 3. The number of aromatic nitrogens is 2. The minimum atomic E-state index is -1.31. The van der Waals surface area contributed by atoms with Crippen molar-refractivity contribution >= 4 is 49.5 Å². The van der Waals surface area contributed by atoms with Crippen molar-refractivity contribution < 1.29 is 29.2 Å². The Morgan fingerprint density at radius 3 is 2.70 bits per heavy atom. The standard InChI is InChI=1S/C28H26FN3O5/c1-11-3-5-17-14(7-11)21-22-16(9-30-27(22)36)20-15-8-13(29)4-6-18(15)32(24(20)23(21)31-17)28-26(35)25(34)12(2)19(10-33)37-28/h3-8,12,19,25-26,28,31,33-35H,9-10H2,1-2H3,(H,30,36)/t12-,19-,25+,26-,28-/m1/s1. The molecule has 5 aromatic rings. The number of aryl methyl sites for hydroxylation is 1. The SMILES string of the molecule is Cc1ccc2[nH]c3c(c4c(c5c6cc(F)ccc6n([C@@H]6O[C@H](CO)[C@@H](C)[C@H](O)[C@H]6O)c35)CNC4=O)c2c1. The molecular formula is C28H26FN3O5. The number of carbonyl (C=O) groups is 1. The summed E-state index contributed by atoms with van der Waals surface area (Å²) in [6.07, 6.45) is -4.23. The van der Waals surface area contributed by atoms with Crippen LogP contribution >= 0.6 is 0 Å². The molecule has 9 heteroatoms. The number of benzene rings is 3. The van der Waals surface area contributed by atoms with Crippen LogP contribution in [-0.4, -0.2) is 55.7 Å². The van der Waals surface area contributed by atoms with Crippen molar-refractivity contribution in [3.63, 3.8) is 0 Å². The summed E-state index contributed by atoms with van der Waals surface area (Å²) < 4.78 is 22.6. The molecule has 1 saturated heterocycles. The van der Waals surface area contributed by atoms with Crippen LogP contribution in [0.25, 0.3) is 43.6 Å². The van der Waals surface area contributed by atoms with E-state index in [1.165, 1.54) is 12.1 Å². The Morgan fingerprint density at radius 2 is 1.92 bits per heavy atom. The highest BCUT2D eigenvalue weighted by Crippen LogP contribution is 2.46. The first-order chi connectivity index (χ1) is 17.8. The number of ether oxygens (including phenoxy) is 1. The summed E-state index contributed by atoms with van der Waals surface area (Å²) in [4.78, 5) is 16.6. The van der Waals surface area contributed by atoms with Gasteiger partial charge in [0.15, 0.2) is 6.23 Å². The molecule has 2 aliphatic rings. The number of halogens is 1. The Labute approximate surface area is 210 Å². The zero-order valence-electron chi connectivity index (χ0n) is 20.2. The van der Waals surface area contributed by atoms with E-state index in [4.69, 9.17) is 4.74 Å². The molecular weight excluding hydrogens is 477 g/mol. The number of hydrogen-bond acceptors (Lipinski definition) is 5. The Kier molecular flexibility index (Phi) is 4.75. The molecule has 0 unspecified atom stereocenters. The Balaban J connectivity index is 1.69. The van der Waals surface area contributed by atoms with E-state index in [2.05, 4.69) is 10.3 Å². The summed E-state index contributed by atoms with van der Waals surface area (Å²) in [6, 6.07) is 10.4. The van der Waals surface area contributed by atoms with Crippen molar-refractivity contribution in [3.8, 4) is 0 Å². The molecule has 0 aliphatic carbocycles. The predicted molar refractivity (Wildman–Crippen MR) is 137 cm³/mol. The van der Waals surface area contributed by atoms with Crippen molar-refractivity contribution in [1.82, 2.24) is 14.9 Å². The fourth-order valence-electron chi connectivity index (χ4n) is 6.31. The van der Waals surface area contributed by atoms with E-state index in [1.807, 2.05) is 25.1 Å². The number of aliphatic hydroxyl groups is 3. The van der Waals surface area contributed by atoms with Crippen LogP contribution in [-0.2, 0) is 11.3 Å². The van der Waals surface area contributed by atoms with Gasteiger partial charge in [-0.15, -0.1) is 0 Å². The number of carbonyl (C=O) groups excluding carboxylic acids is 1. The van der Waals surface area contributed by atoms with Gasteiger partial charge in [0.2, 0.25) is 0 Å². The third-order valence-corrected chi connectivity index (χ3v) is 8.18. The normalized spacial score (nSPS) is 26.0. The van der Waals surface area contributed by atoms with E-state index in [-0.39, 0.29) is 19.1 Å². The predicted octanol–water partition coefficient (Wildman–Crippen LogP) is 3.37. The molecule has 0 bridgehead atoms. The molecule has 4 heterocycles. The molecule has 37 heavy (non-hydrogen) atoms. The first-order valence-electron chi connectivity index (χ1n) is 12.4. The molecule has 0 radical (unpaired) electrons. The van der Waals surface area contributed by atoms with Crippen molar-refractivity contribution in [3.05, 3.63) is 58.9 Å². The fourth-order valence-corrected chi connectivity index (χ4v) is 6.31. The number of amides is 1. The Bertz CT molecular complexity index is 1770. The second kappa shape index (κ2) is 7.75. The van der Waals surface area contributed by atoms with E-state index in [0.29, 0.717) is 32.9 Å². The van der Waals surface area contributed by atoms with Gasteiger partial charge in [-0.3, -0.25) is 4.79 Å². The van der Waals surface area contributed by atoms with Gasteiger partial charge in [-0.1, -0.05) is 18.6 Å². The number of H-pyrrole nitrogens is 1. The minimum absolute atomic E-state index is 0.194. The smallest absolute Gasteiger partial charge is 0.252 e. The van der Waals surface area contributed by atoms with Gasteiger partial charge in [0.1, 0.15) is 11.9 Å². The highest BCUT2D eigenvalue weighted by molar-refractivity contribution is 6.30. The lowest BCUT2D eigenvalue weighted by Crippen LogP contribution is -2.52. The molecule has 5 N–H and O–H groups in total. The van der Waals surface area contributed by atoms with Crippen LogP contribution in [0.1, 0.15) is 34.6 Å². The average molecular weight is 504 g/mol. The number of nitrogens with one attached hydrogen (secondary N) is 2. The molecule has 1 fully saturated rings. The van der Waals surface area contributed by atoms with Crippen LogP contribution in [0.2, 0.25) is 0 Å². The zero-order valence-corrected chi connectivity index (χ0v) is 20.2. The van der Waals surface area contributed by atoms with E-state index in [1.54, 1.807) is 17.6 Å². The van der Waals surface area contributed by atoms with Crippen LogP contribution in [0, 0.1) is 18.7 Å². The maximum absolute atomic E-state index is 14.6. The molecule has 0 saturated carbocycles. The Hall–Kier alpha value is -3.50. The van der Waals surface area contributed by atoms with E-state index in [9.17, 15) is 24.5 Å². The van der Waals surface area contributed by atoms with Crippen LogP contribution in [0.5, 0.6) is 0 Å². The highest BCUT2D eigenvalue weighted by Gasteiger charge is 2.44. The Morgan fingerprint density at radius 1 is 1.11 bits per heavy atom. The van der Waals surface area contributed by atoms with Crippen LogP contribution in [0.4, 0.5) is 4.39 Å². The lowest BCUT2D eigenvalue weighted by atomic mass is 9.90. The van der Waals surface area contributed by atoms with Crippen molar-refractivity contribution in [1.29, 1.82) is 0 Å². The summed E-state index contributed by atoms with van der Waals surface area (Å²) in [6.45, 7) is 3.65. The van der Waals surface area contributed by atoms with Crippen LogP contribution < -0.4 is 5.32 Å². The van der Waals surface area contributed by atoms with Gasteiger partial charge in [0.25, 0.3) is 5.91 Å². The quantitative estimate of drug-likeness (QED) is 0.253. The molecule has 0 spiro atoms. The summed E-state index contributed by atoms with van der Waals surface area (Å²) >= 11 is 0. The van der Waals surface area contributed by atoms with Gasteiger partial charge >= 0.3 is 0 Å². The van der Waals surface area contributed by atoms with Crippen LogP contribution in [0.3, 0.4) is 0 Å². The third-order valence-electron chi connectivity index (χ3n) is 8.18. The number of hydrogen-bond donors (Lipinski definition) is 5.